The van der Waals surface area contributed by atoms with Crippen molar-refractivity contribution in [3.8, 4) is 0 Å². The molecule has 1 nitrogen and oxygen atoms in total. The Morgan fingerprint density at radius 2 is 2.08 bits per heavy atom. The van der Waals surface area contributed by atoms with E-state index in [1.54, 1.807) is 20.8 Å². The van der Waals surface area contributed by atoms with Crippen LogP contribution in [0.3, 0.4) is 0 Å². The van der Waals surface area contributed by atoms with E-state index in [-0.39, 0.29) is 5.78 Å². The maximum absolute atomic E-state index is 13.5. The Morgan fingerprint density at radius 1 is 1.58 bits per heavy atom. The molecule has 0 saturated carbocycles. The third kappa shape index (κ3) is 1.11. The minimum absolute atomic E-state index is 0.153. The van der Waals surface area contributed by atoms with E-state index in [9.17, 15) is 9.18 Å². The van der Waals surface area contributed by atoms with E-state index in [0.717, 1.165) is 0 Å². The molecule has 0 N–H and O–H groups in total. The van der Waals surface area contributed by atoms with Gasteiger partial charge >= 0.3 is 0 Å². The summed E-state index contributed by atoms with van der Waals surface area (Å²) in [5, 5.41) is 0. The average molecular weight is 168 g/mol. The summed E-state index contributed by atoms with van der Waals surface area (Å²) in [4.78, 5) is 11.3. The van der Waals surface area contributed by atoms with Crippen molar-refractivity contribution in [1.29, 1.82) is 0 Å². The molecule has 0 aromatic heterocycles. The Hall–Kier alpha value is -0.920. The van der Waals surface area contributed by atoms with Crippen molar-refractivity contribution in [2.45, 2.75) is 26.9 Å². The summed E-state index contributed by atoms with van der Waals surface area (Å²) in [6.45, 7) is 8.53. The van der Waals surface area contributed by atoms with E-state index < -0.39 is 11.6 Å². The van der Waals surface area contributed by atoms with Crippen molar-refractivity contribution in [3.05, 3.63) is 23.8 Å². The predicted octanol–water partition coefficient (Wildman–Crippen LogP) is 2.44. The van der Waals surface area contributed by atoms with Crippen LogP contribution in [0.2, 0.25) is 0 Å². The van der Waals surface area contributed by atoms with Gasteiger partial charge in [0.2, 0.25) is 0 Å². The highest BCUT2D eigenvalue weighted by Gasteiger charge is 2.40. The van der Waals surface area contributed by atoms with Gasteiger partial charge < -0.3 is 0 Å². The van der Waals surface area contributed by atoms with Gasteiger partial charge in [-0.3, -0.25) is 4.79 Å². The lowest BCUT2D eigenvalue weighted by molar-refractivity contribution is -0.125. The van der Waals surface area contributed by atoms with Crippen LogP contribution in [0.15, 0.2) is 23.8 Å². The van der Waals surface area contributed by atoms with Crippen LogP contribution in [0, 0.1) is 5.41 Å². The topological polar surface area (TPSA) is 17.1 Å². The first-order valence-electron chi connectivity index (χ1n) is 3.93. The second kappa shape index (κ2) is 2.54. The van der Waals surface area contributed by atoms with Gasteiger partial charge in [0.05, 0.1) is 5.41 Å². The maximum atomic E-state index is 13.5. The van der Waals surface area contributed by atoms with E-state index in [4.69, 9.17) is 0 Å². The number of halogens is 1. The number of allylic oxidation sites excluding steroid dienone is 3. The molecule has 1 aliphatic carbocycles. The molecule has 0 bridgehead atoms. The molecule has 0 aromatic carbocycles. The van der Waals surface area contributed by atoms with E-state index in [1.807, 2.05) is 0 Å². The van der Waals surface area contributed by atoms with Crippen LogP contribution in [0.5, 0.6) is 0 Å². The van der Waals surface area contributed by atoms with Crippen molar-refractivity contribution in [3.63, 3.8) is 0 Å². The van der Waals surface area contributed by atoms with Crippen molar-refractivity contribution in [1.82, 2.24) is 0 Å². The van der Waals surface area contributed by atoms with Crippen LogP contribution in [-0.2, 0) is 4.79 Å². The van der Waals surface area contributed by atoms with E-state index in [1.165, 1.54) is 6.08 Å². The molecule has 0 aromatic rings. The van der Waals surface area contributed by atoms with Gasteiger partial charge in [-0.15, -0.1) is 0 Å². The molecule has 2 heteroatoms. The zero-order valence-corrected chi connectivity index (χ0v) is 7.65. The summed E-state index contributed by atoms with van der Waals surface area (Å²) in [7, 11) is 0. The summed E-state index contributed by atoms with van der Waals surface area (Å²) in [5.74, 6) is -0.153. The fourth-order valence-electron chi connectivity index (χ4n) is 1.24. The average Bonchev–Trinajstić information content (AvgIpc) is 1.99. The van der Waals surface area contributed by atoms with Crippen LogP contribution in [0.1, 0.15) is 20.8 Å². The summed E-state index contributed by atoms with van der Waals surface area (Å²) in [6.07, 6.45) is 0.230. The minimum atomic E-state index is -1.24. The fraction of sp³-hybridized carbons (Fsp3) is 0.500. The second-order valence-electron chi connectivity index (χ2n) is 3.80. The summed E-state index contributed by atoms with van der Waals surface area (Å²) >= 11 is 0. The van der Waals surface area contributed by atoms with Gasteiger partial charge in [-0.25, -0.2) is 4.39 Å². The number of ketones is 1. The maximum Gasteiger partial charge on any atom is 0.164 e. The smallest absolute Gasteiger partial charge is 0.164 e. The summed E-state index contributed by atoms with van der Waals surface area (Å²) in [6, 6.07) is 0. The highest BCUT2D eigenvalue weighted by atomic mass is 19.1. The molecule has 0 amide bonds. The quantitative estimate of drug-likeness (QED) is 0.543. The Balaban J connectivity index is 3.17. The number of alkyl halides is 1. The molecule has 0 fully saturated rings. The zero-order chi connectivity index (χ0) is 9.52. The van der Waals surface area contributed by atoms with Gasteiger partial charge in [0, 0.05) is 0 Å². The Bertz CT molecular complexity index is 274. The molecule has 0 aliphatic heterocycles. The molecule has 66 valence electrons. The minimum Gasteiger partial charge on any atom is -0.294 e. The Kier molecular flexibility index (Phi) is 1.94. The monoisotopic (exact) mass is 168 g/mol. The zero-order valence-electron chi connectivity index (χ0n) is 7.65. The number of hydrogen-bond donors (Lipinski definition) is 0. The van der Waals surface area contributed by atoms with Gasteiger partial charge in [0.25, 0.3) is 0 Å². The second-order valence-corrected chi connectivity index (χ2v) is 3.80. The molecule has 1 unspecified atom stereocenters. The van der Waals surface area contributed by atoms with Crippen LogP contribution >= 0.6 is 0 Å². The summed E-state index contributed by atoms with van der Waals surface area (Å²) < 4.78 is 13.5. The van der Waals surface area contributed by atoms with Gasteiger partial charge in [-0.2, -0.15) is 0 Å². The molecule has 0 saturated heterocycles. The number of carbonyl (C=O) groups excluding carboxylic acids is 1. The van der Waals surface area contributed by atoms with Gasteiger partial charge in [0.1, 0.15) is 6.17 Å². The molecule has 12 heavy (non-hydrogen) atoms. The molecular formula is C10H13FO. The van der Waals surface area contributed by atoms with E-state index in [2.05, 4.69) is 6.58 Å². The molecule has 1 rings (SSSR count). The van der Waals surface area contributed by atoms with E-state index in [0.29, 0.717) is 11.1 Å². The summed E-state index contributed by atoms with van der Waals surface area (Å²) in [5.41, 5.74) is 0.155. The van der Waals surface area contributed by atoms with Crippen molar-refractivity contribution < 1.29 is 9.18 Å². The van der Waals surface area contributed by atoms with Gasteiger partial charge in [0.15, 0.2) is 5.78 Å². The van der Waals surface area contributed by atoms with Crippen molar-refractivity contribution >= 4 is 5.78 Å². The molecule has 1 aliphatic rings. The SMILES string of the molecule is C=C1C(C)=CC(=O)C(C)(C)C1F. The lowest BCUT2D eigenvalue weighted by Gasteiger charge is -2.31. The molecule has 1 atom stereocenters. The van der Waals surface area contributed by atoms with Crippen molar-refractivity contribution in [2.75, 3.05) is 0 Å². The Labute approximate surface area is 72.0 Å². The molecule has 0 radical (unpaired) electrons. The van der Waals surface area contributed by atoms with E-state index >= 15 is 0 Å². The van der Waals surface area contributed by atoms with Crippen LogP contribution in [-0.4, -0.2) is 12.0 Å². The molecule has 0 spiro atoms. The lowest BCUT2D eigenvalue weighted by atomic mass is 9.74. The number of carbonyl (C=O) groups is 1. The first-order valence-corrected chi connectivity index (χ1v) is 3.93. The van der Waals surface area contributed by atoms with Gasteiger partial charge in [-0.1, -0.05) is 6.58 Å². The number of hydrogen-bond acceptors (Lipinski definition) is 1. The largest absolute Gasteiger partial charge is 0.294 e. The third-order valence-corrected chi connectivity index (χ3v) is 2.43. The highest BCUT2D eigenvalue weighted by Crippen LogP contribution is 2.36. The van der Waals surface area contributed by atoms with Crippen LogP contribution in [0.25, 0.3) is 0 Å². The first-order chi connectivity index (χ1) is 5.37. The number of rotatable bonds is 0. The highest BCUT2D eigenvalue weighted by molar-refractivity contribution is 5.98. The third-order valence-electron chi connectivity index (χ3n) is 2.43. The van der Waals surface area contributed by atoms with Crippen LogP contribution < -0.4 is 0 Å². The van der Waals surface area contributed by atoms with Crippen LogP contribution in [0.4, 0.5) is 4.39 Å². The molecule has 0 heterocycles. The first kappa shape index (κ1) is 9.17. The Morgan fingerprint density at radius 3 is 2.58 bits per heavy atom. The predicted molar refractivity (Wildman–Crippen MR) is 46.6 cm³/mol. The molecular weight excluding hydrogens is 155 g/mol. The van der Waals surface area contributed by atoms with Gasteiger partial charge in [-0.05, 0) is 38.0 Å². The lowest BCUT2D eigenvalue weighted by Crippen LogP contribution is -2.38. The fourth-order valence-corrected chi connectivity index (χ4v) is 1.24. The standard InChI is InChI=1S/C10H13FO/c1-6-5-8(12)10(3,4)9(11)7(6)2/h5,9H,2H2,1,3-4H3. The van der Waals surface area contributed by atoms with Crippen molar-refractivity contribution in [2.24, 2.45) is 5.41 Å². The normalized spacial score (nSPS) is 28.7.